The number of nitrogens with two attached hydrogens (primary N) is 1. The molecule has 1 aliphatic rings. The fourth-order valence-electron chi connectivity index (χ4n) is 4.70. The van der Waals surface area contributed by atoms with E-state index in [0.717, 1.165) is 59.4 Å². The van der Waals surface area contributed by atoms with Gasteiger partial charge in [0.25, 0.3) is 0 Å². The first-order valence-corrected chi connectivity index (χ1v) is 14.7. The Morgan fingerprint density at radius 1 is 1.13 bits per heavy atom. The molecular formula is C27H28N6O3S2. The molecule has 0 saturated carbocycles. The molecule has 0 atom stereocenters. The van der Waals surface area contributed by atoms with E-state index in [1.807, 2.05) is 49.6 Å². The lowest BCUT2D eigenvalue weighted by atomic mass is 10.0. The predicted octanol–water partition coefficient (Wildman–Crippen LogP) is 4.70. The summed E-state index contributed by atoms with van der Waals surface area (Å²) in [5.74, 6) is 1.73. The first kappa shape index (κ1) is 26.1. The summed E-state index contributed by atoms with van der Waals surface area (Å²) in [5, 5.41) is 20.8. The summed E-state index contributed by atoms with van der Waals surface area (Å²) in [5.41, 5.74) is 3.41. The van der Waals surface area contributed by atoms with E-state index < -0.39 is 10.0 Å². The fraction of sp³-hybridized carbons (Fsp3) is 0.296. The standard InChI is InChI=1S/C27H28N6O3S2/c1-17-13-20(15-28)14-18(2)24(17)36-25-23-9-12-37-26(23)32-27(31-25)30-21-7-10-33(11-8-21)16-19-3-5-22(6-4-19)38(29,34)35/h3-6,9,12-14,21H,7-8,10-11,16H2,1-2H3,(H2,29,34,35)(H,30,31,32). The van der Waals surface area contributed by atoms with E-state index in [0.29, 0.717) is 23.1 Å². The molecule has 1 aliphatic heterocycles. The number of rotatable bonds is 7. The maximum absolute atomic E-state index is 11.5. The number of primary sulfonamides is 1. The molecule has 1 saturated heterocycles. The monoisotopic (exact) mass is 548 g/mol. The Hall–Kier alpha value is -3.56. The van der Waals surface area contributed by atoms with E-state index in [9.17, 15) is 13.7 Å². The number of thiophene rings is 1. The molecule has 3 heterocycles. The van der Waals surface area contributed by atoms with Crippen molar-refractivity contribution in [2.75, 3.05) is 18.4 Å². The minimum absolute atomic E-state index is 0.125. The minimum Gasteiger partial charge on any atom is -0.438 e. The van der Waals surface area contributed by atoms with Crippen molar-refractivity contribution in [3.05, 3.63) is 70.1 Å². The quantitative estimate of drug-likeness (QED) is 0.340. The summed E-state index contributed by atoms with van der Waals surface area (Å²) in [6.45, 7) is 6.38. The van der Waals surface area contributed by atoms with Gasteiger partial charge < -0.3 is 10.1 Å². The molecule has 9 nitrogen and oxygen atoms in total. The number of nitriles is 1. The molecule has 2 aromatic carbocycles. The topological polar surface area (TPSA) is 134 Å². The Kier molecular flexibility index (Phi) is 7.32. The van der Waals surface area contributed by atoms with Crippen LogP contribution in [-0.2, 0) is 16.6 Å². The molecule has 0 amide bonds. The molecule has 0 radical (unpaired) electrons. The number of aromatic nitrogens is 2. The Bertz CT molecular complexity index is 1600. The molecule has 0 aliphatic carbocycles. The number of hydrogen-bond acceptors (Lipinski definition) is 9. The van der Waals surface area contributed by atoms with Gasteiger partial charge >= 0.3 is 0 Å². The number of fused-ring (bicyclic) bond motifs is 1. The second kappa shape index (κ2) is 10.7. The maximum atomic E-state index is 11.5. The molecule has 2 aromatic heterocycles. The van der Waals surface area contributed by atoms with Crippen LogP contribution in [-0.4, -0.2) is 42.4 Å². The highest BCUT2D eigenvalue weighted by atomic mass is 32.2. The number of ether oxygens (including phenoxy) is 1. The van der Waals surface area contributed by atoms with Crippen molar-refractivity contribution in [1.82, 2.24) is 14.9 Å². The van der Waals surface area contributed by atoms with Gasteiger partial charge in [0.15, 0.2) is 0 Å². The second-order valence-electron chi connectivity index (χ2n) is 9.53. The van der Waals surface area contributed by atoms with Crippen LogP contribution in [0.1, 0.15) is 35.1 Å². The number of benzene rings is 2. The first-order valence-electron chi connectivity index (χ1n) is 12.2. The van der Waals surface area contributed by atoms with Crippen molar-refractivity contribution in [2.24, 2.45) is 5.14 Å². The van der Waals surface area contributed by atoms with Gasteiger partial charge in [0, 0.05) is 25.7 Å². The van der Waals surface area contributed by atoms with Gasteiger partial charge in [-0.05, 0) is 79.1 Å². The molecule has 4 aromatic rings. The molecule has 0 unspecified atom stereocenters. The number of nitrogens with one attached hydrogen (secondary N) is 1. The van der Waals surface area contributed by atoms with Crippen LogP contribution in [0.5, 0.6) is 11.6 Å². The molecule has 0 bridgehead atoms. The third kappa shape index (κ3) is 5.79. The molecule has 5 rings (SSSR count). The second-order valence-corrected chi connectivity index (χ2v) is 12.0. The largest absolute Gasteiger partial charge is 0.438 e. The van der Waals surface area contributed by atoms with Gasteiger partial charge in [-0.25, -0.2) is 18.5 Å². The summed E-state index contributed by atoms with van der Waals surface area (Å²) < 4.78 is 29.3. The highest BCUT2D eigenvalue weighted by molar-refractivity contribution is 7.89. The Morgan fingerprint density at radius 3 is 2.45 bits per heavy atom. The molecule has 11 heteroatoms. The van der Waals surface area contributed by atoms with E-state index in [4.69, 9.17) is 19.8 Å². The molecule has 0 spiro atoms. The smallest absolute Gasteiger partial charge is 0.238 e. The van der Waals surface area contributed by atoms with E-state index in [2.05, 4.69) is 16.3 Å². The van der Waals surface area contributed by atoms with E-state index in [1.54, 1.807) is 12.1 Å². The van der Waals surface area contributed by atoms with Crippen LogP contribution in [0.4, 0.5) is 5.95 Å². The Morgan fingerprint density at radius 2 is 1.82 bits per heavy atom. The van der Waals surface area contributed by atoms with Gasteiger partial charge in [0.1, 0.15) is 10.6 Å². The normalized spacial score (nSPS) is 14.9. The first-order chi connectivity index (χ1) is 18.2. The number of hydrogen-bond donors (Lipinski definition) is 2. The van der Waals surface area contributed by atoms with Gasteiger partial charge in [-0.15, -0.1) is 11.3 Å². The average Bonchev–Trinajstić information content (AvgIpc) is 3.36. The summed E-state index contributed by atoms with van der Waals surface area (Å²) in [7, 11) is -3.68. The van der Waals surface area contributed by atoms with Crippen molar-refractivity contribution >= 4 is 37.5 Å². The number of aryl methyl sites for hydroxylation is 2. The van der Waals surface area contributed by atoms with Gasteiger partial charge in [-0.1, -0.05) is 12.1 Å². The number of anilines is 1. The minimum atomic E-state index is -3.68. The summed E-state index contributed by atoms with van der Waals surface area (Å²) >= 11 is 1.54. The van der Waals surface area contributed by atoms with Crippen molar-refractivity contribution in [1.29, 1.82) is 5.26 Å². The van der Waals surface area contributed by atoms with Crippen LogP contribution in [0.15, 0.2) is 52.7 Å². The molecule has 196 valence electrons. The predicted molar refractivity (Wildman–Crippen MR) is 148 cm³/mol. The molecule has 3 N–H and O–H groups in total. The third-order valence-electron chi connectivity index (χ3n) is 6.66. The molecule has 38 heavy (non-hydrogen) atoms. The van der Waals surface area contributed by atoms with Gasteiger partial charge in [-0.2, -0.15) is 10.2 Å². The van der Waals surface area contributed by atoms with Crippen molar-refractivity contribution in [3.63, 3.8) is 0 Å². The maximum Gasteiger partial charge on any atom is 0.238 e. The van der Waals surface area contributed by atoms with E-state index in [-0.39, 0.29) is 10.9 Å². The van der Waals surface area contributed by atoms with Crippen LogP contribution >= 0.6 is 11.3 Å². The Labute approximate surface area is 226 Å². The Balaban J connectivity index is 1.25. The zero-order valence-corrected chi connectivity index (χ0v) is 22.8. The molecular weight excluding hydrogens is 520 g/mol. The summed E-state index contributed by atoms with van der Waals surface area (Å²) in [4.78, 5) is 12.8. The van der Waals surface area contributed by atoms with Crippen LogP contribution in [0.2, 0.25) is 0 Å². The van der Waals surface area contributed by atoms with E-state index >= 15 is 0 Å². The molecule has 1 fully saturated rings. The van der Waals surface area contributed by atoms with Crippen LogP contribution < -0.4 is 15.2 Å². The number of sulfonamides is 1. The van der Waals surface area contributed by atoms with E-state index in [1.165, 1.54) is 11.3 Å². The fourth-order valence-corrected chi connectivity index (χ4v) is 5.97. The zero-order chi connectivity index (χ0) is 26.9. The zero-order valence-electron chi connectivity index (χ0n) is 21.1. The number of likely N-dealkylation sites (tertiary alicyclic amines) is 1. The lowest BCUT2D eigenvalue weighted by Crippen LogP contribution is -2.39. The SMILES string of the molecule is Cc1cc(C#N)cc(C)c1Oc1nc(NC2CCN(Cc3ccc(S(N)(=O)=O)cc3)CC2)nc2sccc12. The van der Waals surface area contributed by atoms with Crippen LogP contribution in [0, 0.1) is 25.2 Å². The van der Waals surface area contributed by atoms with Crippen molar-refractivity contribution in [2.45, 2.75) is 44.2 Å². The third-order valence-corrected chi connectivity index (χ3v) is 8.39. The summed E-state index contributed by atoms with van der Waals surface area (Å²) in [6.07, 6.45) is 1.84. The average molecular weight is 549 g/mol. The number of nitrogens with zero attached hydrogens (tertiary/aromatic N) is 4. The van der Waals surface area contributed by atoms with Gasteiger partial charge in [-0.3, -0.25) is 4.90 Å². The highest BCUT2D eigenvalue weighted by Crippen LogP contribution is 2.35. The van der Waals surface area contributed by atoms with Crippen molar-refractivity contribution < 1.29 is 13.2 Å². The van der Waals surface area contributed by atoms with Gasteiger partial charge in [0.2, 0.25) is 21.9 Å². The lowest BCUT2D eigenvalue weighted by Gasteiger charge is -2.32. The van der Waals surface area contributed by atoms with Crippen molar-refractivity contribution in [3.8, 4) is 17.7 Å². The van der Waals surface area contributed by atoms with Crippen LogP contribution in [0.3, 0.4) is 0 Å². The van der Waals surface area contributed by atoms with Gasteiger partial charge in [0.05, 0.1) is 21.9 Å². The summed E-state index contributed by atoms with van der Waals surface area (Å²) in [6, 6.07) is 14.7. The lowest BCUT2D eigenvalue weighted by molar-refractivity contribution is 0.211. The highest BCUT2D eigenvalue weighted by Gasteiger charge is 2.22. The van der Waals surface area contributed by atoms with Crippen LogP contribution in [0.25, 0.3) is 10.2 Å². The number of piperidine rings is 1.